The highest BCUT2D eigenvalue weighted by molar-refractivity contribution is 7.92. The lowest BCUT2D eigenvalue weighted by Crippen LogP contribution is -2.15. The summed E-state index contributed by atoms with van der Waals surface area (Å²) in [6.45, 7) is 1.90. The Morgan fingerprint density at radius 1 is 1.35 bits per heavy atom. The van der Waals surface area contributed by atoms with Gasteiger partial charge in [-0.3, -0.25) is 14.9 Å². The molecule has 0 fully saturated rings. The molecule has 0 saturated heterocycles. The molecule has 8 nitrogen and oxygen atoms in total. The molecule has 9 heteroatoms. The fourth-order valence-electron chi connectivity index (χ4n) is 1.36. The van der Waals surface area contributed by atoms with E-state index in [1.807, 2.05) is 6.92 Å². The van der Waals surface area contributed by atoms with Crippen LogP contribution < -0.4 is 10.5 Å². The summed E-state index contributed by atoms with van der Waals surface area (Å²) in [6.07, 6.45) is 3.38. The number of aromatic nitrogens is 4. The molecule has 0 saturated carbocycles. The van der Waals surface area contributed by atoms with Crippen LogP contribution in [-0.4, -0.2) is 28.8 Å². The van der Waals surface area contributed by atoms with Crippen molar-refractivity contribution in [2.45, 2.75) is 18.2 Å². The van der Waals surface area contributed by atoms with Gasteiger partial charge >= 0.3 is 0 Å². The van der Waals surface area contributed by atoms with Gasteiger partial charge in [-0.05, 0) is 6.42 Å². The van der Waals surface area contributed by atoms with Crippen LogP contribution in [0, 0.1) is 0 Å². The zero-order valence-electron chi connectivity index (χ0n) is 9.06. The van der Waals surface area contributed by atoms with Crippen LogP contribution in [0.4, 0.5) is 11.6 Å². The standard InChI is InChI=1S/C8H12N6O2S/c1-2-5-3-10-13-8(5)14-17(15,16)6-4-11-12-7(6)9/h3-4H,2H2,1H3,(H3,9,11,12)(H2,10,13,14). The number of sulfonamides is 1. The van der Waals surface area contributed by atoms with E-state index in [1.165, 1.54) is 0 Å². The molecule has 0 aromatic carbocycles. The van der Waals surface area contributed by atoms with Crippen molar-refractivity contribution < 1.29 is 8.42 Å². The maximum Gasteiger partial charge on any atom is 0.268 e. The van der Waals surface area contributed by atoms with Crippen LogP contribution in [0.3, 0.4) is 0 Å². The van der Waals surface area contributed by atoms with Crippen molar-refractivity contribution in [1.82, 2.24) is 20.4 Å². The molecule has 2 rings (SSSR count). The van der Waals surface area contributed by atoms with E-state index >= 15 is 0 Å². The van der Waals surface area contributed by atoms with E-state index < -0.39 is 10.0 Å². The lowest BCUT2D eigenvalue weighted by molar-refractivity contribution is 0.601. The average molecular weight is 256 g/mol. The van der Waals surface area contributed by atoms with Crippen LogP contribution in [-0.2, 0) is 16.4 Å². The van der Waals surface area contributed by atoms with Gasteiger partial charge in [0.2, 0.25) is 0 Å². The van der Waals surface area contributed by atoms with Crippen molar-refractivity contribution in [3.63, 3.8) is 0 Å². The minimum absolute atomic E-state index is 0.00457. The van der Waals surface area contributed by atoms with Crippen LogP contribution in [0.1, 0.15) is 12.5 Å². The predicted octanol–water partition coefficient (Wildman–Crippen LogP) is 0.0782. The number of H-pyrrole nitrogens is 2. The number of hydrogen-bond donors (Lipinski definition) is 4. The third-order valence-corrected chi connectivity index (χ3v) is 3.63. The van der Waals surface area contributed by atoms with Crippen molar-refractivity contribution in [2.24, 2.45) is 0 Å². The fraction of sp³-hybridized carbons (Fsp3) is 0.250. The Bertz CT molecular complexity index is 614. The Labute approximate surface area is 97.7 Å². The van der Waals surface area contributed by atoms with E-state index in [0.717, 1.165) is 11.8 Å². The summed E-state index contributed by atoms with van der Waals surface area (Å²) < 4.78 is 26.3. The zero-order chi connectivity index (χ0) is 12.5. The van der Waals surface area contributed by atoms with Crippen molar-refractivity contribution in [3.05, 3.63) is 18.0 Å². The molecule has 92 valence electrons. The topological polar surface area (TPSA) is 130 Å². The highest BCUT2D eigenvalue weighted by atomic mass is 32.2. The van der Waals surface area contributed by atoms with Crippen LogP contribution in [0.5, 0.6) is 0 Å². The number of hydrogen-bond acceptors (Lipinski definition) is 5. The maximum absolute atomic E-state index is 12.0. The molecule has 17 heavy (non-hydrogen) atoms. The highest BCUT2D eigenvalue weighted by Gasteiger charge is 2.21. The first kappa shape index (κ1) is 11.5. The van der Waals surface area contributed by atoms with Gasteiger partial charge in [0.15, 0.2) is 0 Å². The van der Waals surface area contributed by atoms with Gasteiger partial charge in [0.1, 0.15) is 16.5 Å². The number of nitrogens with two attached hydrogens (primary N) is 1. The number of aryl methyl sites for hydroxylation is 1. The van der Waals surface area contributed by atoms with Gasteiger partial charge in [-0.25, -0.2) is 8.42 Å². The van der Waals surface area contributed by atoms with Gasteiger partial charge in [0, 0.05) is 5.56 Å². The molecule has 0 spiro atoms. The summed E-state index contributed by atoms with van der Waals surface area (Å²) in [6, 6.07) is 0. The van der Waals surface area contributed by atoms with E-state index in [1.54, 1.807) is 6.20 Å². The first-order valence-corrected chi connectivity index (χ1v) is 6.37. The molecule has 0 aliphatic rings. The summed E-state index contributed by atoms with van der Waals surface area (Å²) in [5, 5.41) is 12.3. The maximum atomic E-state index is 12.0. The molecule has 2 aromatic heterocycles. The molecule has 0 aliphatic heterocycles. The van der Waals surface area contributed by atoms with Crippen molar-refractivity contribution in [1.29, 1.82) is 0 Å². The van der Waals surface area contributed by atoms with E-state index in [4.69, 9.17) is 5.73 Å². The van der Waals surface area contributed by atoms with E-state index in [0.29, 0.717) is 12.2 Å². The van der Waals surface area contributed by atoms with Gasteiger partial charge in [0.05, 0.1) is 12.4 Å². The first-order valence-electron chi connectivity index (χ1n) is 4.88. The summed E-state index contributed by atoms with van der Waals surface area (Å²) in [7, 11) is -3.74. The molecule has 0 radical (unpaired) electrons. The van der Waals surface area contributed by atoms with Gasteiger partial charge in [0.25, 0.3) is 10.0 Å². The Hall–Kier alpha value is -2.03. The monoisotopic (exact) mass is 256 g/mol. The third kappa shape index (κ3) is 2.09. The average Bonchev–Trinajstić information content (AvgIpc) is 2.86. The third-order valence-electron chi connectivity index (χ3n) is 2.26. The van der Waals surface area contributed by atoms with E-state index in [2.05, 4.69) is 25.1 Å². The lowest BCUT2D eigenvalue weighted by Gasteiger charge is -2.05. The normalized spacial score (nSPS) is 11.6. The summed E-state index contributed by atoms with van der Waals surface area (Å²) in [5.74, 6) is 0.336. The van der Waals surface area contributed by atoms with Gasteiger partial charge < -0.3 is 5.73 Å². The Morgan fingerprint density at radius 2 is 2.06 bits per heavy atom. The van der Waals surface area contributed by atoms with Crippen molar-refractivity contribution >= 4 is 21.7 Å². The van der Waals surface area contributed by atoms with Gasteiger partial charge in [-0.15, -0.1) is 0 Å². The molecule has 0 aliphatic carbocycles. The second-order valence-electron chi connectivity index (χ2n) is 3.38. The van der Waals surface area contributed by atoms with Crippen LogP contribution in [0.2, 0.25) is 0 Å². The molecule has 0 unspecified atom stereocenters. The number of anilines is 2. The first-order chi connectivity index (χ1) is 8.04. The summed E-state index contributed by atoms with van der Waals surface area (Å²) in [5.41, 5.74) is 6.24. The number of nitrogen functional groups attached to an aromatic ring is 1. The smallest absolute Gasteiger partial charge is 0.268 e. The second-order valence-corrected chi connectivity index (χ2v) is 5.03. The molecule has 0 amide bonds. The second kappa shape index (κ2) is 4.09. The zero-order valence-corrected chi connectivity index (χ0v) is 9.87. The number of rotatable bonds is 4. The molecular formula is C8H12N6O2S. The Kier molecular flexibility index (Phi) is 2.76. The van der Waals surface area contributed by atoms with Crippen LogP contribution >= 0.6 is 0 Å². The Morgan fingerprint density at radius 3 is 2.65 bits per heavy atom. The quantitative estimate of drug-likeness (QED) is 0.615. The van der Waals surface area contributed by atoms with E-state index in [-0.39, 0.29) is 10.7 Å². The summed E-state index contributed by atoms with van der Waals surface area (Å²) in [4.78, 5) is -0.0887. The molecule has 2 heterocycles. The van der Waals surface area contributed by atoms with E-state index in [9.17, 15) is 8.42 Å². The van der Waals surface area contributed by atoms with Gasteiger partial charge in [-0.1, -0.05) is 6.92 Å². The highest BCUT2D eigenvalue weighted by Crippen LogP contribution is 2.20. The lowest BCUT2D eigenvalue weighted by atomic mass is 10.3. The number of nitrogens with one attached hydrogen (secondary N) is 3. The molecule has 2 aromatic rings. The number of nitrogens with zero attached hydrogens (tertiary/aromatic N) is 2. The van der Waals surface area contributed by atoms with Crippen LogP contribution in [0.25, 0.3) is 0 Å². The largest absolute Gasteiger partial charge is 0.383 e. The molecule has 0 bridgehead atoms. The van der Waals surface area contributed by atoms with Crippen molar-refractivity contribution in [2.75, 3.05) is 10.5 Å². The van der Waals surface area contributed by atoms with Crippen molar-refractivity contribution in [3.8, 4) is 0 Å². The minimum Gasteiger partial charge on any atom is -0.383 e. The predicted molar refractivity (Wildman–Crippen MR) is 61.8 cm³/mol. The minimum atomic E-state index is -3.74. The summed E-state index contributed by atoms with van der Waals surface area (Å²) >= 11 is 0. The SMILES string of the molecule is CCc1cn[nH]c1NS(=O)(=O)c1cn[nH]c1N. The van der Waals surface area contributed by atoms with Gasteiger partial charge in [-0.2, -0.15) is 10.2 Å². The van der Waals surface area contributed by atoms with Crippen LogP contribution in [0.15, 0.2) is 17.3 Å². The fourth-order valence-corrected chi connectivity index (χ4v) is 2.44. The number of aromatic amines is 2. The molecular weight excluding hydrogens is 244 g/mol. The Balaban J connectivity index is 2.33. The molecule has 0 atom stereocenters. The molecule has 5 N–H and O–H groups in total.